The van der Waals surface area contributed by atoms with Gasteiger partial charge in [0.05, 0.1) is 25.8 Å². The number of aliphatic hydroxyl groups excluding tert-OH is 1. The van der Waals surface area contributed by atoms with E-state index in [0.29, 0.717) is 43.8 Å². The summed E-state index contributed by atoms with van der Waals surface area (Å²) in [5.74, 6) is 1.15. The average Bonchev–Trinajstić information content (AvgIpc) is 3.12. The Kier molecular flexibility index (Phi) is 6.17. The molecule has 1 aliphatic heterocycles. The first kappa shape index (κ1) is 22.0. The number of nitrogens with zero attached hydrogens (tertiary/aromatic N) is 1. The lowest BCUT2D eigenvalue weighted by Crippen LogP contribution is -2.32. The van der Waals surface area contributed by atoms with Crippen molar-refractivity contribution in [3.8, 4) is 22.8 Å². The molecule has 1 saturated heterocycles. The molecule has 0 unspecified atom stereocenters. The van der Waals surface area contributed by atoms with Gasteiger partial charge in [0.15, 0.2) is 5.43 Å². The number of methoxy groups -OCH3 is 2. The van der Waals surface area contributed by atoms with Crippen molar-refractivity contribution < 1.29 is 19.0 Å². The second-order valence-corrected chi connectivity index (χ2v) is 8.47. The Hall–Kier alpha value is -2.25. The van der Waals surface area contributed by atoms with Crippen LogP contribution in [-0.2, 0) is 0 Å². The van der Waals surface area contributed by atoms with E-state index >= 15 is 0 Å². The fourth-order valence-corrected chi connectivity index (χ4v) is 4.91. The summed E-state index contributed by atoms with van der Waals surface area (Å²) < 4.78 is 17.5. The van der Waals surface area contributed by atoms with Gasteiger partial charge in [-0.25, -0.2) is 0 Å². The third-order valence-electron chi connectivity index (χ3n) is 5.98. The number of hydrogen-bond acceptors (Lipinski definition) is 6. The molecular weight excluding hydrogens is 441 g/mol. The average molecular weight is 464 g/mol. The Labute approximate surface area is 189 Å². The highest BCUT2D eigenvalue weighted by Crippen LogP contribution is 2.45. The number of halogens is 2. The van der Waals surface area contributed by atoms with Crippen molar-refractivity contribution in [3.05, 3.63) is 56.2 Å². The summed E-state index contributed by atoms with van der Waals surface area (Å²) in [7, 11) is 5.03. The number of benzene rings is 2. The molecule has 0 amide bonds. The van der Waals surface area contributed by atoms with Crippen LogP contribution < -0.4 is 14.9 Å². The first-order chi connectivity index (χ1) is 14.9. The van der Waals surface area contributed by atoms with Crippen LogP contribution in [0.15, 0.2) is 39.5 Å². The summed E-state index contributed by atoms with van der Waals surface area (Å²) in [6, 6.07) is 7.98. The topological polar surface area (TPSA) is 72.1 Å². The third kappa shape index (κ3) is 3.78. The lowest BCUT2D eigenvalue weighted by Gasteiger charge is -2.25. The van der Waals surface area contributed by atoms with Crippen LogP contribution in [0.4, 0.5) is 0 Å². The van der Waals surface area contributed by atoms with Crippen LogP contribution >= 0.6 is 23.2 Å². The van der Waals surface area contributed by atoms with Crippen LogP contribution in [0.5, 0.6) is 11.5 Å². The monoisotopic (exact) mass is 463 g/mol. The molecule has 4 rings (SSSR count). The van der Waals surface area contributed by atoms with Crippen molar-refractivity contribution in [1.82, 2.24) is 4.90 Å². The fourth-order valence-electron chi connectivity index (χ4n) is 4.41. The van der Waals surface area contributed by atoms with E-state index in [-0.39, 0.29) is 24.0 Å². The molecule has 1 fully saturated rings. The molecule has 1 N–H and O–H groups in total. The van der Waals surface area contributed by atoms with Gasteiger partial charge in [-0.05, 0) is 38.2 Å². The van der Waals surface area contributed by atoms with Crippen molar-refractivity contribution >= 4 is 34.2 Å². The molecule has 31 heavy (non-hydrogen) atoms. The maximum absolute atomic E-state index is 13.2. The van der Waals surface area contributed by atoms with E-state index in [2.05, 4.69) is 4.90 Å². The van der Waals surface area contributed by atoms with E-state index in [9.17, 15) is 9.90 Å². The van der Waals surface area contributed by atoms with Gasteiger partial charge in [0, 0.05) is 40.2 Å². The molecule has 3 aromatic rings. The molecule has 0 radical (unpaired) electrons. The smallest absolute Gasteiger partial charge is 0.197 e. The number of rotatable bonds is 5. The van der Waals surface area contributed by atoms with Crippen molar-refractivity contribution in [2.24, 2.45) is 0 Å². The molecule has 0 aliphatic carbocycles. The van der Waals surface area contributed by atoms with Gasteiger partial charge >= 0.3 is 0 Å². The van der Waals surface area contributed by atoms with E-state index < -0.39 is 0 Å². The van der Waals surface area contributed by atoms with E-state index in [1.807, 2.05) is 7.05 Å². The molecular formula is C23H23Cl2NO5. The first-order valence-corrected chi connectivity index (χ1v) is 10.6. The van der Waals surface area contributed by atoms with Crippen molar-refractivity contribution in [2.75, 3.05) is 34.4 Å². The first-order valence-electron chi connectivity index (χ1n) is 9.88. The van der Waals surface area contributed by atoms with E-state index in [1.54, 1.807) is 31.4 Å². The summed E-state index contributed by atoms with van der Waals surface area (Å²) in [5.41, 5.74) is 1.42. The number of hydrogen-bond donors (Lipinski definition) is 1. The van der Waals surface area contributed by atoms with Crippen LogP contribution in [0.2, 0.25) is 10.0 Å². The van der Waals surface area contributed by atoms with Crippen molar-refractivity contribution in [2.45, 2.75) is 18.4 Å². The minimum absolute atomic E-state index is 0.0230. The molecule has 2 heterocycles. The summed E-state index contributed by atoms with van der Waals surface area (Å²) in [4.78, 5) is 15.3. The quantitative estimate of drug-likeness (QED) is 0.597. The zero-order valence-electron chi connectivity index (χ0n) is 17.4. The molecule has 8 heteroatoms. The number of ether oxygens (including phenoxy) is 2. The van der Waals surface area contributed by atoms with Crippen LogP contribution in [0.25, 0.3) is 22.3 Å². The van der Waals surface area contributed by atoms with Gasteiger partial charge in [-0.3, -0.25) is 4.79 Å². The summed E-state index contributed by atoms with van der Waals surface area (Å²) in [6.45, 7) is 0.782. The Morgan fingerprint density at radius 3 is 2.55 bits per heavy atom. The summed E-state index contributed by atoms with van der Waals surface area (Å²) in [5, 5.41) is 11.2. The number of aliphatic hydroxyl groups is 1. The molecule has 0 bridgehead atoms. The zero-order chi connectivity index (χ0) is 22.3. The molecule has 1 aromatic heterocycles. The van der Waals surface area contributed by atoms with Gasteiger partial charge in [-0.1, -0.05) is 23.2 Å². The maximum Gasteiger partial charge on any atom is 0.197 e. The zero-order valence-corrected chi connectivity index (χ0v) is 19.0. The normalized spacial score (nSPS) is 19.2. The van der Waals surface area contributed by atoms with Gasteiger partial charge < -0.3 is 23.9 Å². The van der Waals surface area contributed by atoms with E-state index in [0.717, 1.165) is 18.5 Å². The second-order valence-electron chi connectivity index (χ2n) is 7.62. The van der Waals surface area contributed by atoms with E-state index in [4.69, 9.17) is 37.1 Å². The van der Waals surface area contributed by atoms with Crippen molar-refractivity contribution in [1.29, 1.82) is 0 Å². The molecule has 2 atom stereocenters. The Morgan fingerprint density at radius 1 is 1.16 bits per heavy atom. The fraction of sp³-hybridized carbons (Fsp3) is 0.348. The Balaban J connectivity index is 2.06. The lowest BCUT2D eigenvalue weighted by molar-refractivity contribution is 0.171. The highest BCUT2D eigenvalue weighted by Gasteiger charge is 2.37. The highest BCUT2D eigenvalue weighted by atomic mass is 35.5. The van der Waals surface area contributed by atoms with Crippen LogP contribution in [-0.4, -0.2) is 50.5 Å². The highest BCUT2D eigenvalue weighted by molar-refractivity contribution is 6.36. The second kappa shape index (κ2) is 8.71. The molecule has 6 nitrogen and oxygen atoms in total. The van der Waals surface area contributed by atoms with Crippen molar-refractivity contribution in [3.63, 3.8) is 0 Å². The standard InChI is InChI=1S/C23H23Cl2NO5/c1-26-7-6-14(16(26)11-27)21-19(29-2)10-20(30-3)22-17(28)9-18(31-23(21)22)13-5-4-12(24)8-15(13)25/h4-5,8-10,14,16,27H,6-7,11H2,1-3H3/t14-,16+/m0/s1. The number of likely N-dealkylation sites (N-methyl/N-ethyl adjacent to an activating group) is 1. The van der Waals surface area contributed by atoms with Crippen LogP contribution in [0, 0.1) is 0 Å². The number of fused-ring (bicyclic) bond motifs is 1. The Bertz CT molecular complexity index is 1190. The SMILES string of the molecule is COc1cc(OC)c2c(=O)cc(-c3ccc(Cl)cc3Cl)oc2c1[C@H]1CCN(C)[C@@H]1CO. The molecule has 2 aromatic carbocycles. The predicted molar refractivity (Wildman–Crippen MR) is 122 cm³/mol. The summed E-state index contributed by atoms with van der Waals surface area (Å²) >= 11 is 12.4. The molecule has 0 spiro atoms. The van der Waals surface area contributed by atoms with Gasteiger partial charge in [0.25, 0.3) is 0 Å². The van der Waals surface area contributed by atoms with Gasteiger partial charge in [0.2, 0.25) is 0 Å². The summed E-state index contributed by atoms with van der Waals surface area (Å²) in [6.07, 6.45) is 0.787. The lowest BCUT2D eigenvalue weighted by atomic mass is 9.89. The van der Waals surface area contributed by atoms with Gasteiger partial charge in [0.1, 0.15) is 28.2 Å². The minimum Gasteiger partial charge on any atom is -0.496 e. The van der Waals surface area contributed by atoms with Crippen LogP contribution in [0.1, 0.15) is 17.9 Å². The third-order valence-corrected chi connectivity index (χ3v) is 6.53. The van der Waals surface area contributed by atoms with Gasteiger partial charge in [-0.15, -0.1) is 0 Å². The maximum atomic E-state index is 13.2. The minimum atomic E-state index is -0.255. The molecule has 164 valence electrons. The molecule has 1 aliphatic rings. The predicted octanol–water partition coefficient (Wildman–Crippen LogP) is 4.56. The van der Waals surface area contributed by atoms with Crippen LogP contribution in [0.3, 0.4) is 0 Å². The number of likely N-dealkylation sites (tertiary alicyclic amines) is 1. The van der Waals surface area contributed by atoms with E-state index in [1.165, 1.54) is 13.2 Å². The van der Waals surface area contributed by atoms with Gasteiger partial charge in [-0.2, -0.15) is 0 Å². The Morgan fingerprint density at radius 2 is 1.90 bits per heavy atom. The molecule has 0 saturated carbocycles. The largest absolute Gasteiger partial charge is 0.496 e.